The lowest BCUT2D eigenvalue weighted by atomic mass is 10.1. The molecule has 1 aliphatic carbocycles. The molecule has 0 radical (unpaired) electrons. The van der Waals surface area contributed by atoms with Crippen LogP contribution >= 0.6 is 11.8 Å². The molecule has 34 heavy (non-hydrogen) atoms. The van der Waals surface area contributed by atoms with Crippen molar-refractivity contribution in [1.82, 2.24) is 19.7 Å². The topological polar surface area (TPSA) is 165 Å². The maximum absolute atomic E-state index is 12.7. The van der Waals surface area contributed by atoms with E-state index in [1.165, 1.54) is 35.4 Å². The molecule has 184 valence electrons. The number of thioether (sulfide) groups is 1. The molecule has 0 unspecified atom stereocenters. The average Bonchev–Trinajstić information content (AvgIpc) is 3.28. The molecule has 2 heterocycles. The molecule has 0 spiro atoms. The van der Waals surface area contributed by atoms with Crippen LogP contribution < -0.4 is 10.5 Å². The van der Waals surface area contributed by atoms with E-state index in [9.17, 15) is 31.8 Å². The van der Waals surface area contributed by atoms with Crippen molar-refractivity contribution in [3.63, 3.8) is 0 Å². The van der Waals surface area contributed by atoms with Crippen molar-refractivity contribution in [2.75, 3.05) is 11.9 Å². The number of nitrogens with two attached hydrogens (primary N) is 1. The van der Waals surface area contributed by atoms with Crippen LogP contribution in [-0.4, -0.2) is 68.7 Å². The minimum absolute atomic E-state index is 0.00944. The van der Waals surface area contributed by atoms with Gasteiger partial charge in [0.15, 0.2) is 11.3 Å². The molecule has 3 aromatic rings. The Hall–Kier alpha value is -2.50. The summed E-state index contributed by atoms with van der Waals surface area (Å²) in [6.07, 6.45) is 0.356. The first kappa shape index (κ1) is 24.6. The third-order valence-electron chi connectivity index (χ3n) is 5.19. The fraction of sp³-hybridized carbons (Fsp3) is 0.389. The molecule has 4 atom stereocenters. The van der Waals surface area contributed by atoms with Gasteiger partial charge >= 0.3 is 15.8 Å². The van der Waals surface area contributed by atoms with Crippen molar-refractivity contribution < 1.29 is 36.0 Å². The van der Waals surface area contributed by atoms with Gasteiger partial charge in [0.1, 0.15) is 17.9 Å². The number of hydrogen-bond acceptors (Lipinski definition) is 10. The predicted molar refractivity (Wildman–Crippen MR) is 115 cm³/mol. The summed E-state index contributed by atoms with van der Waals surface area (Å²) in [5.74, 6) is -0.497. The fourth-order valence-electron chi connectivity index (χ4n) is 3.69. The molecule has 16 heteroatoms. The zero-order chi connectivity index (χ0) is 24.7. The molecule has 2 aromatic heterocycles. The number of aliphatic hydroxyl groups is 2. The van der Waals surface area contributed by atoms with E-state index in [0.29, 0.717) is 11.2 Å². The predicted octanol–water partition coefficient (Wildman–Crippen LogP) is 1.17. The summed E-state index contributed by atoms with van der Waals surface area (Å²) < 4.78 is 66.1. The van der Waals surface area contributed by atoms with E-state index in [0.717, 1.165) is 0 Å². The minimum Gasteiger partial charge on any atom is -0.390 e. The number of anilines is 1. The number of nitrogens with zero attached hydrogens (tertiary/aromatic N) is 4. The molecular formula is C18H19F3N6O5S2. The third kappa shape index (κ3) is 5.76. The van der Waals surface area contributed by atoms with Crippen LogP contribution in [0.1, 0.15) is 6.42 Å². The zero-order valence-electron chi connectivity index (χ0n) is 17.1. The summed E-state index contributed by atoms with van der Waals surface area (Å²) in [6, 6.07) is 5.00. The van der Waals surface area contributed by atoms with E-state index >= 15 is 0 Å². The first-order chi connectivity index (χ1) is 15.9. The second kappa shape index (κ2) is 9.27. The Morgan fingerprint density at radius 2 is 2.03 bits per heavy atom. The number of rotatable bonds is 7. The van der Waals surface area contributed by atoms with Gasteiger partial charge in [-0.1, -0.05) is 6.07 Å². The van der Waals surface area contributed by atoms with Crippen LogP contribution in [0.15, 0.2) is 41.7 Å². The molecule has 0 aliphatic heterocycles. The van der Waals surface area contributed by atoms with E-state index in [1.54, 1.807) is 6.07 Å². The summed E-state index contributed by atoms with van der Waals surface area (Å²) in [4.78, 5) is 8.23. The third-order valence-corrected chi connectivity index (χ3v) is 6.37. The van der Waals surface area contributed by atoms with E-state index in [2.05, 4.69) is 24.6 Å². The second-order valence-electron chi connectivity index (χ2n) is 7.58. The van der Waals surface area contributed by atoms with Gasteiger partial charge in [-0.2, -0.15) is 26.7 Å². The first-order valence-corrected chi connectivity index (χ1v) is 12.0. The van der Waals surface area contributed by atoms with E-state index < -0.39 is 46.6 Å². The largest absolute Gasteiger partial charge is 0.446 e. The number of aliphatic hydroxyl groups excluding tert-OH is 2. The van der Waals surface area contributed by atoms with E-state index in [1.807, 2.05) is 0 Å². The Morgan fingerprint density at radius 3 is 2.74 bits per heavy atom. The number of halogens is 3. The Bertz CT molecular complexity index is 1290. The Kier molecular flexibility index (Phi) is 6.71. The van der Waals surface area contributed by atoms with Crippen molar-refractivity contribution >= 4 is 38.9 Å². The van der Waals surface area contributed by atoms with Crippen molar-refractivity contribution in [3.05, 3.63) is 36.8 Å². The van der Waals surface area contributed by atoms with Crippen LogP contribution in [0.5, 0.6) is 0 Å². The van der Waals surface area contributed by atoms with Gasteiger partial charge in [-0.3, -0.25) is 4.18 Å². The molecule has 5 N–H and O–H groups in total. The van der Waals surface area contributed by atoms with Gasteiger partial charge in [0, 0.05) is 10.8 Å². The molecule has 4 rings (SSSR count). The molecular weight excluding hydrogens is 501 g/mol. The molecule has 0 bridgehead atoms. The summed E-state index contributed by atoms with van der Waals surface area (Å²) in [5, 5.41) is 32.8. The Balaban J connectivity index is 1.56. The summed E-state index contributed by atoms with van der Waals surface area (Å²) >= 11 is -0.242. The quantitative estimate of drug-likeness (QED) is 0.332. The number of benzene rings is 1. The SMILES string of the molecule is NS(=O)(=O)OC[C@H]1C[C@@H](Nc2ncnc3cn(-c4cccc(SC(F)(F)F)c4)nc23)[C@H](O)[C@@H]1O. The van der Waals surface area contributed by atoms with Crippen LogP contribution in [0.2, 0.25) is 0 Å². The lowest BCUT2D eigenvalue weighted by molar-refractivity contribution is -0.0328. The summed E-state index contributed by atoms with van der Waals surface area (Å²) in [7, 11) is -4.21. The number of fused-ring (bicyclic) bond motifs is 1. The number of aromatic nitrogens is 4. The van der Waals surface area contributed by atoms with Crippen molar-refractivity contribution in [3.8, 4) is 5.69 Å². The fourth-order valence-corrected chi connectivity index (χ4v) is 4.65. The maximum atomic E-state index is 12.7. The van der Waals surface area contributed by atoms with Gasteiger partial charge in [0.05, 0.1) is 30.6 Å². The highest BCUT2D eigenvalue weighted by atomic mass is 32.2. The van der Waals surface area contributed by atoms with Crippen LogP contribution in [0.25, 0.3) is 16.7 Å². The number of nitrogens with one attached hydrogen (secondary N) is 1. The molecule has 1 saturated carbocycles. The van der Waals surface area contributed by atoms with Gasteiger partial charge in [-0.05, 0) is 36.4 Å². The molecule has 1 aliphatic rings. The molecule has 1 fully saturated rings. The highest BCUT2D eigenvalue weighted by Crippen LogP contribution is 2.37. The maximum Gasteiger partial charge on any atom is 0.446 e. The van der Waals surface area contributed by atoms with Crippen LogP contribution in [0.3, 0.4) is 0 Å². The summed E-state index contributed by atoms with van der Waals surface area (Å²) in [6.45, 7) is -0.407. The molecule has 0 amide bonds. The highest BCUT2D eigenvalue weighted by molar-refractivity contribution is 8.00. The van der Waals surface area contributed by atoms with E-state index in [-0.39, 0.29) is 34.4 Å². The van der Waals surface area contributed by atoms with Gasteiger partial charge in [-0.25, -0.2) is 19.8 Å². The highest BCUT2D eigenvalue weighted by Gasteiger charge is 2.42. The van der Waals surface area contributed by atoms with Gasteiger partial charge < -0.3 is 15.5 Å². The van der Waals surface area contributed by atoms with Crippen LogP contribution in [-0.2, 0) is 14.5 Å². The molecule has 1 aromatic carbocycles. The lowest BCUT2D eigenvalue weighted by Crippen LogP contribution is -2.36. The monoisotopic (exact) mass is 520 g/mol. The Labute approximate surface area is 195 Å². The van der Waals surface area contributed by atoms with Crippen molar-refractivity contribution in [2.45, 2.75) is 35.1 Å². The van der Waals surface area contributed by atoms with E-state index in [4.69, 9.17) is 5.14 Å². The van der Waals surface area contributed by atoms with Crippen LogP contribution in [0, 0.1) is 5.92 Å². The van der Waals surface area contributed by atoms with Gasteiger partial charge in [0.25, 0.3) is 0 Å². The molecule has 11 nitrogen and oxygen atoms in total. The normalized spacial score (nSPS) is 23.5. The smallest absolute Gasteiger partial charge is 0.390 e. The first-order valence-electron chi connectivity index (χ1n) is 9.76. The lowest BCUT2D eigenvalue weighted by Gasteiger charge is -2.18. The Morgan fingerprint density at radius 1 is 1.26 bits per heavy atom. The van der Waals surface area contributed by atoms with Gasteiger partial charge in [-0.15, -0.1) is 0 Å². The van der Waals surface area contributed by atoms with Crippen molar-refractivity contribution in [2.24, 2.45) is 11.1 Å². The average molecular weight is 521 g/mol. The van der Waals surface area contributed by atoms with Crippen LogP contribution in [0.4, 0.5) is 19.0 Å². The van der Waals surface area contributed by atoms with Gasteiger partial charge in [0.2, 0.25) is 0 Å². The molecule has 0 saturated heterocycles. The minimum atomic E-state index is -4.43. The number of hydrogen-bond donors (Lipinski definition) is 4. The number of alkyl halides is 3. The zero-order valence-corrected chi connectivity index (χ0v) is 18.8. The standard InChI is InChI=1S/C18H19F3N6O5S2/c19-18(20,21)33-11-3-1-2-10(5-11)27-6-13-14(26-27)17(24-8-23-13)25-12-4-9(15(28)16(12)29)7-32-34(22,30)31/h1-3,5-6,8-9,12,15-16,28-29H,4,7H2,(H2,22,30,31)(H,23,24,25)/t9-,12-,15-,16+/m1/s1. The van der Waals surface area contributed by atoms with Crippen molar-refractivity contribution in [1.29, 1.82) is 0 Å². The second-order valence-corrected chi connectivity index (χ2v) is 9.94. The summed E-state index contributed by atoms with van der Waals surface area (Å²) in [5.41, 5.74) is -3.40.